The van der Waals surface area contributed by atoms with E-state index in [9.17, 15) is 13.2 Å². The molecule has 0 bridgehead atoms. The average Bonchev–Trinajstić information content (AvgIpc) is 2.45. The molecule has 21 heavy (non-hydrogen) atoms. The van der Waals surface area contributed by atoms with Crippen molar-refractivity contribution in [2.45, 2.75) is 6.04 Å². The van der Waals surface area contributed by atoms with E-state index in [-0.39, 0.29) is 15.8 Å². The van der Waals surface area contributed by atoms with Crippen LogP contribution >= 0.6 is 15.9 Å². The summed E-state index contributed by atoms with van der Waals surface area (Å²) < 4.78 is 46.7. The third kappa shape index (κ3) is 3.22. The van der Waals surface area contributed by atoms with Crippen LogP contribution in [0.5, 0.6) is 5.75 Å². The van der Waals surface area contributed by atoms with Crippen LogP contribution in [0.4, 0.5) is 13.2 Å². The molecule has 0 aliphatic rings. The third-order valence-electron chi connectivity index (χ3n) is 3.14. The molecule has 0 aliphatic heterocycles. The van der Waals surface area contributed by atoms with Gasteiger partial charge in [-0.1, -0.05) is 6.07 Å². The maximum absolute atomic E-state index is 14.2. The van der Waals surface area contributed by atoms with E-state index in [0.717, 1.165) is 12.1 Å². The molecule has 0 amide bonds. The number of hydrogen-bond acceptors (Lipinski definition) is 2. The third-order valence-corrected chi connectivity index (χ3v) is 3.75. The smallest absolute Gasteiger partial charge is 0.137 e. The molecule has 6 heteroatoms. The van der Waals surface area contributed by atoms with Gasteiger partial charge < -0.3 is 10.1 Å². The van der Waals surface area contributed by atoms with Crippen LogP contribution in [-0.4, -0.2) is 14.2 Å². The van der Waals surface area contributed by atoms with Crippen LogP contribution in [0.1, 0.15) is 17.2 Å². The van der Waals surface area contributed by atoms with Crippen LogP contribution in [-0.2, 0) is 0 Å². The molecule has 0 aromatic heterocycles. The second-order valence-corrected chi connectivity index (χ2v) is 5.25. The minimum atomic E-state index is -0.743. The van der Waals surface area contributed by atoms with Gasteiger partial charge in [0.05, 0.1) is 17.6 Å². The van der Waals surface area contributed by atoms with Crippen LogP contribution in [0, 0.1) is 17.5 Å². The van der Waals surface area contributed by atoms with E-state index in [2.05, 4.69) is 21.2 Å². The minimum Gasteiger partial charge on any atom is -0.497 e. The molecule has 2 aromatic rings. The Balaban J connectivity index is 2.53. The summed E-state index contributed by atoms with van der Waals surface area (Å²) in [4.78, 5) is 0. The summed E-state index contributed by atoms with van der Waals surface area (Å²) in [5, 5.41) is 2.84. The van der Waals surface area contributed by atoms with E-state index in [1.54, 1.807) is 7.05 Å². The Bertz CT molecular complexity index is 640. The number of benzene rings is 2. The van der Waals surface area contributed by atoms with Gasteiger partial charge in [0.1, 0.15) is 23.2 Å². The van der Waals surface area contributed by atoms with E-state index in [0.29, 0.717) is 5.56 Å². The summed E-state index contributed by atoms with van der Waals surface area (Å²) in [6.45, 7) is 0. The SMILES string of the molecule is CNC(c1ccc(F)c(Br)c1)c1c(F)cc(OC)cc1F. The molecule has 1 unspecified atom stereocenters. The molecule has 1 N–H and O–H groups in total. The zero-order chi connectivity index (χ0) is 15.6. The highest BCUT2D eigenvalue weighted by Crippen LogP contribution is 2.31. The maximum Gasteiger partial charge on any atom is 0.137 e. The Morgan fingerprint density at radius 3 is 2.14 bits per heavy atom. The van der Waals surface area contributed by atoms with Crippen molar-refractivity contribution in [3.05, 3.63) is 63.4 Å². The standard InChI is InChI=1S/C15H13BrF3NO/c1-20-15(8-3-4-11(17)10(16)5-8)14-12(18)6-9(21-2)7-13(14)19/h3-7,15,20H,1-2H3. The predicted octanol–water partition coefficient (Wildman–Crippen LogP) is 4.18. The average molecular weight is 360 g/mol. The fraction of sp³-hybridized carbons (Fsp3) is 0.200. The topological polar surface area (TPSA) is 21.3 Å². The van der Waals surface area contributed by atoms with Crippen LogP contribution < -0.4 is 10.1 Å². The van der Waals surface area contributed by atoms with Gasteiger partial charge in [0.2, 0.25) is 0 Å². The maximum atomic E-state index is 14.2. The Morgan fingerprint density at radius 2 is 1.67 bits per heavy atom. The lowest BCUT2D eigenvalue weighted by Gasteiger charge is -2.19. The molecule has 0 spiro atoms. The number of rotatable bonds is 4. The van der Waals surface area contributed by atoms with Gasteiger partial charge in [-0.3, -0.25) is 0 Å². The first-order chi connectivity index (χ1) is 9.97. The van der Waals surface area contributed by atoms with Crippen molar-refractivity contribution in [2.24, 2.45) is 0 Å². The normalized spacial score (nSPS) is 12.3. The Morgan fingerprint density at radius 1 is 1.05 bits per heavy atom. The van der Waals surface area contributed by atoms with E-state index in [4.69, 9.17) is 4.74 Å². The summed E-state index contributed by atoms with van der Waals surface area (Å²) in [6.07, 6.45) is 0. The van der Waals surface area contributed by atoms with E-state index in [1.165, 1.54) is 25.3 Å². The molecular weight excluding hydrogens is 347 g/mol. The first-order valence-electron chi connectivity index (χ1n) is 6.13. The first-order valence-corrected chi connectivity index (χ1v) is 6.92. The molecule has 112 valence electrons. The van der Waals surface area contributed by atoms with Crippen LogP contribution in [0.25, 0.3) is 0 Å². The Hall–Kier alpha value is -1.53. The summed E-state index contributed by atoms with van der Waals surface area (Å²) in [5.41, 5.74) is 0.394. The number of methoxy groups -OCH3 is 1. The van der Waals surface area contributed by atoms with E-state index >= 15 is 0 Å². The molecule has 0 fully saturated rings. The van der Waals surface area contributed by atoms with Gasteiger partial charge >= 0.3 is 0 Å². The van der Waals surface area contributed by atoms with Crippen molar-refractivity contribution in [3.63, 3.8) is 0 Å². The van der Waals surface area contributed by atoms with Crippen molar-refractivity contribution in [2.75, 3.05) is 14.2 Å². The minimum absolute atomic E-state index is 0.101. The second kappa shape index (κ2) is 6.49. The van der Waals surface area contributed by atoms with Crippen molar-refractivity contribution in [1.29, 1.82) is 0 Å². The molecule has 0 heterocycles. The summed E-state index contributed by atoms with van der Waals surface area (Å²) in [7, 11) is 2.91. The van der Waals surface area contributed by atoms with Gasteiger partial charge in [-0.15, -0.1) is 0 Å². The Kier molecular flexibility index (Phi) is 4.90. The molecule has 0 radical (unpaired) electrons. The van der Waals surface area contributed by atoms with Gasteiger partial charge in [0, 0.05) is 17.7 Å². The van der Waals surface area contributed by atoms with Crippen LogP contribution in [0.3, 0.4) is 0 Å². The lowest BCUT2D eigenvalue weighted by atomic mass is 9.97. The number of halogens is 4. The highest BCUT2D eigenvalue weighted by molar-refractivity contribution is 9.10. The molecular formula is C15H13BrF3NO. The predicted molar refractivity (Wildman–Crippen MR) is 77.9 cm³/mol. The lowest BCUT2D eigenvalue weighted by molar-refractivity contribution is 0.403. The number of nitrogens with one attached hydrogen (secondary N) is 1. The van der Waals surface area contributed by atoms with Gasteiger partial charge in [-0.05, 0) is 40.7 Å². The molecule has 2 nitrogen and oxygen atoms in total. The molecule has 0 saturated heterocycles. The van der Waals surface area contributed by atoms with Gasteiger partial charge in [0.15, 0.2) is 0 Å². The fourth-order valence-electron chi connectivity index (χ4n) is 2.12. The van der Waals surface area contributed by atoms with Crippen molar-refractivity contribution >= 4 is 15.9 Å². The fourth-order valence-corrected chi connectivity index (χ4v) is 2.52. The largest absolute Gasteiger partial charge is 0.497 e. The number of hydrogen-bond donors (Lipinski definition) is 1. The molecule has 0 aliphatic carbocycles. The van der Waals surface area contributed by atoms with Crippen LogP contribution in [0.15, 0.2) is 34.8 Å². The molecule has 0 saturated carbocycles. The summed E-state index contributed by atoms with van der Waals surface area (Å²) >= 11 is 3.07. The van der Waals surface area contributed by atoms with Gasteiger partial charge in [-0.2, -0.15) is 0 Å². The van der Waals surface area contributed by atoms with E-state index in [1.807, 2.05) is 0 Å². The quantitative estimate of drug-likeness (QED) is 0.883. The van der Waals surface area contributed by atoms with Gasteiger partial charge in [0.25, 0.3) is 0 Å². The second-order valence-electron chi connectivity index (χ2n) is 4.40. The Labute approximate surface area is 129 Å². The van der Waals surface area contributed by atoms with Gasteiger partial charge in [-0.25, -0.2) is 13.2 Å². The van der Waals surface area contributed by atoms with Crippen LogP contribution in [0.2, 0.25) is 0 Å². The van der Waals surface area contributed by atoms with Crippen molar-refractivity contribution in [3.8, 4) is 5.75 Å². The highest BCUT2D eigenvalue weighted by Gasteiger charge is 2.22. The lowest BCUT2D eigenvalue weighted by Crippen LogP contribution is -2.20. The molecule has 2 aromatic carbocycles. The monoisotopic (exact) mass is 359 g/mol. The highest BCUT2D eigenvalue weighted by atomic mass is 79.9. The first kappa shape index (κ1) is 15.9. The zero-order valence-electron chi connectivity index (χ0n) is 11.4. The molecule has 1 atom stereocenters. The van der Waals surface area contributed by atoms with Crippen molar-refractivity contribution in [1.82, 2.24) is 5.32 Å². The summed E-state index contributed by atoms with van der Waals surface area (Å²) in [6, 6.07) is 5.68. The number of ether oxygens (including phenoxy) is 1. The summed E-state index contributed by atoms with van der Waals surface area (Å²) in [5.74, 6) is -1.80. The zero-order valence-corrected chi connectivity index (χ0v) is 13.0. The van der Waals surface area contributed by atoms with E-state index < -0.39 is 23.5 Å². The van der Waals surface area contributed by atoms with Crippen molar-refractivity contribution < 1.29 is 17.9 Å². The molecule has 2 rings (SSSR count).